The SMILES string of the molecule is Cc1oc2c(C)c3oc(=O)c(CC(=O)NC(Cc4ccc(Cl)cc4)C(=O)O)c(C)c3cc2c1C. The predicted molar refractivity (Wildman–Crippen MR) is 130 cm³/mol. The Bertz CT molecular complexity index is 1500. The minimum atomic E-state index is -1.17. The van der Waals surface area contributed by atoms with Crippen molar-refractivity contribution in [3.8, 4) is 0 Å². The number of halogens is 1. The van der Waals surface area contributed by atoms with E-state index >= 15 is 0 Å². The van der Waals surface area contributed by atoms with Gasteiger partial charge in [0, 0.05) is 27.8 Å². The molecule has 2 aromatic carbocycles. The molecule has 0 spiro atoms. The molecule has 0 fully saturated rings. The molecule has 34 heavy (non-hydrogen) atoms. The fraction of sp³-hybridized carbons (Fsp3) is 0.269. The van der Waals surface area contributed by atoms with Gasteiger partial charge in [-0.1, -0.05) is 23.7 Å². The van der Waals surface area contributed by atoms with E-state index in [1.165, 1.54) is 0 Å². The van der Waals surface area contributed by atoms with Gasteiger partial charge in [0.05, 0.1) is 12.0 Å². The van der Waals surface area contributed by atoms with Crippen LogP contribution in [0.25, 0.3) is 21.9 Å². The number of carboxylic acid groups (broad SMARTS) is 1. The van der Waals surface area contributed by atoms with Crippen molar-refractivity contribution in [2.45, 2.75) is 46.6 Å². The summed E-state index contributed by atoms with van der Waals surface area (Å²) < 4.78 is 11.4. The molecule has 0 radical (unpaired) electrons. The van der Waals surface area contributed by atoms with Crippen molar-refractivity contribution in [1.29, 1.82) is 0 Å². The van der Waals surface area contributed by atoms with Gasteiger partial charge in [0.2, 0.25) is 5.91 Å². The van der Waals surface area contributed by atoms with Crippen molar-refractivity contribution in [3.63, 3.8) is 0 Å². The first kappa shape index (κ1) is 23.6. The molecular weight excluding hydrogens is 458 g/mol. The molecule has 0 aliphatic carbocycles. The second kappa shape index (κ2) is 8.99. The second-order valence-corrected chi connectivity index (χ2v) is 8.93. The van der Waals surface area contributed by atoms with Crippen LogP contribution in [-0.4, -0.2) is 23.0 Å². The third kappa shape index (κ3) is 4.31. The van der Waals surface area contributed by atoms with Crippen LogP contribution in [0.2, 0.25) is 5.02 Å². The van der Waals surface area contributed by atoms with Crippen LogP contribution in [-0.2, 0) is 22.4 Å². The molecular formula is C26H24ClNO6. The molecule has 0 bridgehead atoms. The smallest absolute Gasteiger partial charge is 0.340 e. The molecule has 176 valence electrons. The lowest BCUT2D eigenvalue weighted by molar-refractivity contribution is -0.141. The first-order valence-electron chi connectivity index (χ1n) is 10.8. The highest BCUT2D eigenvalue weighted by Gasteiger charge is 2.24. The summed E-state index contributed by atoms with van der Waals surface area (Å²) in [7, 11) is 0. The van der Waals surface area contributed by atoms with Gasteiger partial charge in [0.15, 0.2) is 0 Å². The summed E-state index contributed by atoms with van der Waals surface area (Å²) in [4.78, 5) is 37.3. The average Bonchev–Trinajstić information content (AvgIpc) is 3.07. The number of aryl methyl sites for hydroxylation is 4. The number of aliphatic carboxylic acids is 1. The normalized spacial score (nSPS) is 12.3. The maximum absolute atomic E-state index is 12.8. The molecule has 1 atom stereocenters. The van der Waals surface area contributed by atoms with Gasteiger partial charge in [0.1, 0.15) is 23.0 Å². The summed E-state index contributed by atoms with van der Waals surface area (Å²) in [6, 6.07) is 7.47. The zero-order chi connectivity index (χ0) is 24.7. The molecule has 1 amide bonds. The Balaban J connectivity index is 1.65. The van der Waals surface area contributed by atoms with E-state index in [0.717, 1.165) is 16.7 Å². The topological polar surface area (TPSA) is 110 Å². The number of benzene rings is 2. The van der Waals surface area contributed by atoms with E-state index in [-0.39, 0.29) is 18.4 Å². The van der Waals surface area contributed by atoms with E-state index < -0.39 is 23.5 Å². The summed E-state index contributed by atoms with van der Waals surface area (Å²) in [5.74, 6) is -0.966. The minimum Gasteiger partial charge on any atom is -0.480 e. The molecule has 2 N–H and O–H groups in total. The summed E-state index contributed by atoms with van der Waals surface area (Å²) >= 11 is 5.88. The number of fused-ring (bicyclic) bond motifs is 2. The summed E-state index contributed by atoms with van der Waals surface area (Å²) in [6.45, 7) is 7.43. The van der Waals surface area contributed by atoms with Gasteiger partial charge in [-0.05, 0) is 62.6 Å². The third-order valence-corrected chi connectivity index (χ3v) is 6.52. The minimum absolute atomic E-state index is 0.0832. The van der Waals surface area contributed by atoms with E-state index in [1.54, 1.807) is 31.2 Å². The highest BCUT2D eigenvalue weighted by Crippen LogP contribution is 2.34. The molecule has 0 saturated carbocycles. The molecule has 0 saturated heterocycles. The molecule has 7 nitrogen and oxygen atoms in total. The third-order valence-electron chi connectivity index (χ3n) is 6.27. The van der Waals surface area contributed by atoms with Crippen molar-refractivity contribution in [3.05, 3.63) is 79.4 Å². The van der Waals surface area contributed by atoms with Gasteiger partial charge in [-0.15, -0.1) is 0 Å². The average molecular weight is 482 g/mol. The van der Waals surface area contributed by atoms with Crippen LogP contribution in [0.5, 0.6) is 0 Å². The zero-order valence-electron chi connectivity index (χ0n) is 19.2. The van der Waals surface area contributed by atoms with E-state index in [2.05, 4.69) is 5.32 Å². The largest absolute Gasteiger partial charge is 0.480 e. The highest BCUT2D eigenvalue weighted by molar-refractivity contribution is 6.30. The fourth-order valence-electron chi connectivity index (χ4n) is 4.16. The molecule has 1 unspecified atom stereocenters. The first-order chi connectivity index (χ1) is 16.1. The van der Waals surface area contributed by atoms with Crippen molar-refractivity contribution in [2.24, 2.45) is 0 Å². The molecule has 0 aliphatic rings. The molecule has 2 heterocycles. The summed E-state index contributed by atoms with van der Waals surface area (Å²) in [5, 5.41) is 14.3. The van der Waals surface area contributed by atoms with E-state index in [1.807, 2.05) is 26.8 Å². The number of carbonyl (C=O) groups excluding carboxylic acids is 1. The quantitative estimate of drug-likeness (QED) is 0.383. The number of rotatable bonds is 6. The predicted octanol–water partition coefficient (Wildman–Crippen LogP) is 4.78. The van der Waals surface area contributed by atoms with Crippen LogP contribution < -0.4 is 10.9 Å². The van der Waals surface area contributed by atoms with Gasteiger partial charge in [-0.3, -0.25) is 4.79 Å². The van der Waals surface area contributed by atoms with Crippen LogP contribution >= 0.6 is 11.6 Å². The number of carbonyl (C=O) groups is 2. The number of nitrogens with one attached hydrogen (secondary N) is 1. The maximum atomic E-state index is 12.8. The summed E-state index contributed by atoms with van der Waals surface area (Å²) in [5.41, 5.74) is 3.69. The number of hydrogen-bond donors (Lipinski definition) is 2. The van der Waals surface area contributed by atoms with E-state index in [0.29, 0.717) is 38.3 Å². The van der Waals surface area contributed by atoms with Crippen LogP contribution in [0.3, 0.4) is 0 Å². The number of furan rings is 1. The molecule has 8 heteroatoms. The number of hydrogen-bond acceptors (Lipinski definition) is 5. The van der Waals surface area contributed by atoms with Crippen LogP contribution in [0, 0.1) is 27.7 Å². The lowest BCUT2D eigenvalue weighted by Crippen LogP contribution is -2.43. The Labute approximate surface area is 200 Å². The maximum Gasteiger partial charge on any atom is 0.340 e. The van der Waals surface area contributed by atoms with Crippen molar-refractivity contribution >= 4 is 45.4 Å². The number of amides is 1. The van der Waals surface area contributed by atoms with Gasteiger partial charge in [0.25, 0.3) is 0 Å². The molecule has 0 aliphatic heterocycles. The number of carboxylic acids is 1. The van der Waals surface area contributed by atoms with Gasteiger partial charge in [-0.2, -0.15) is 0 Å². The van der Waals surface area contributed by atoms with Crippen molar-refractivity contribution in [1.82, 2.24) is 5.32 Å². The van der Waals surface area contributed by atoms with Gasteiger partial charge >= 0.3 is 11.6 Å². The van der Waals surface area contributed by atoms with Crippen molar-refractivity contribution < 1.29 is 23.5 Å². The second-order valence-electron chi connectivity index (χ2n) is 8.50. The Morgan fingerprint density at radius 1 is 0.971 bits per heavy atom. The van der Waals surface area contributed by atoms with E-state index in [9.17, 15) is 19.5 Å². The monoisotopic (exact) mass is 481 g/mol. The standard InChI is InChI=1S/C26H24ClNO6/c1-12-15(4)33-23-14(3)24-19(10-18(12)23)13(2)20(26(32)34-24)11-22(29)28-21(25(30)31)9-16-5-7-17(27)8-6-16/h5-8,10,21H,9,11H2,1-4H3,(H,28,29)(H,30,31). The van der Waals surface area contributed by atoms with Crippen LogP contribution in [0.15, 0.2) is 44.0 Å². The molecule has 2 aromatic heterocycles. The molecule has 4 rings (SSSR count). The Kier molecular flexibility index (Phi) is 6.23. The zero-order valence-corrected chi connectivity index (χ0v) is 20.0. The Hall–Kier alpha value is -3.58. The first-order valence-corrected chi connectivity index (χ1v) is 11.2. The van der Waals surface area contributed by atoms with Crippen LogP contribution in [0.4, 0.5) is 0 Å². The Morgan fingerprint density at radius 3 is 2.24 bits per heavy atom. The lowest BCUT2D eigenvalue weighted by Gasteiger charge is -2.15. The Morgan fingerprint density at radius 2 is 1.59 bits per heavy atom. The lowest BCUT2D eigenvalue weighted by atomic mass is 9.98. The van der Waals surface area contributed by atoms with Crippen molar-refractivity contribution in [2.75, 3.05) is 0 Å². The van der Waals surface area contributed by atoms with Gasteiger partial charge in [-0.25, -0.2) is 9.59 Å². The highest BCUT2D eigenvalue weighted by atomic mass is 35.5. The van der Waals surface area contributed by atoms with E-state index in [4.69, 9.17) is 20.4 Å². The summed E-state index contributed by atoms with van der Waals surface area (Å²) in [6.07, 6.45) is -0.213. The van der Waals surface area contributed by atoms with Crippen LogP contribution in [0.1, 0.15) is 33.6 Å². The van der Waals surface area contributed by atoms with Gasteiger partial charge < -0.3 is 19.3 Å². The molecule has 4 aromatic rings. The fourth-order valence-corrected chi connectivity index (χ4v) is 4.28.